The van der Waals surface area contributed by atoms with E-state index in [9.17, 15) is 9.59 Å². The zero-order valence-electron chi connectivity index (χ0n) is 9.77. The van der Waals surface area contributed by atoms with Gasteiger partial charge in [0.05, 0.1) is 5.75 Å². The van der Waals surface area contributed by atoms with Crippen LogP contribution in [0.5, 0.6) is 0 Å². The molecule has 0 unspecified atom stereocenters. The van der Waals surface area contributed by atoms with Crippen LogP contribution in [0, 0.1) is 5.92 Å². The van der Waals surface area contributed by atoms with Crippen LogP contribution in [0.25, 0.3) is 0 Å². The quantitative estimate of drug-likeness (QED) is 0.791. The van der Waals surface area contributed by atoms with Gasteiger partial charge in [0.2, 0.25) is 5.91 Å². The maximum atomic E-state index is 11.4. The molecule has 0 spiro atoms. The zero-order valence-corrected chi connectivity index (χ0v) is 10.6. The number of carboxylic acids is 1. The van der Waals surface area contributed by atoms with Crippen molar-refractivity contribution in [2.45, 2.75) is 18.7 Å². The number of carbonyl (C=O) groups is 2. The van der Waals surface area contributed by atoms with Crippen molar-refractivity contribution in [3.63, 3.8) is 0 Å². The number of anilines is 1. The summed E-state index contributed by atoms with van der Waals surface area (Å²) in [5.41, 5.74) is 0.725. The maximum absolute atomic E-state index is 11.4. The predicted molar refractivity (Wildman–Crippen MR) is 68.3 cm³/mol. The minimum atomic E-state index is -0.841. The highest BCUT2D eigenvalue weighted by Gasteiger charge is 2.06. The van der Waals surface area contributed by atoms with Crippen molar-refractivity contribution >= 4 is 29.3 Å². The van der Waals surface area contributed by atoms with Gasteiger partial charge in [0.25, 0.3) is 0 Å². The van der Waals surface area contributed by atoms with Gasteiger partial charge in [-0.3, -0.25) is 9.59 Å². The van der Waals surface area contributed by atoms with Gasteiger partial charge in [-0.25, -0.2) is 0 Å². The minimum Gasteiger partial charge on any atom is -0.481 e. The highest BCUT2D eigenvalue weighted by atomic mass is 32.2. The van der Waals surface area contributed by atoms with Crippen molar-refractivity contribution < 1.29 is 14.7 Å². The van der Waals surface area contributed by atoms with E-state index in [1.165, 1.54) is 11.8 Å². The predicted octanol–water partition coefficient (Wildman–Crippen LogP) is 2.46. The van der Waals surface area contributed by atoms with Gasteiger partial charge in [-0.1, -0.05) is 13.8 Å². The molecule has 0 radical (unpaired) electrons. The lowest BCUT2D eigenvalue weighted by atomic mass is 10.2. The van der Waals surface area contributed by atoms with E-state index in [0.717, 1.165) is 10.6 Å². The fourth-order valence-electron chi connectivity index (χ4n) is 1.07. The molecule has 0 aliphatic heterocycles. The number of hydrogen-bond acceptors (Lipinski definition) is 3. The van der Waals surface area contributed by atoms with Gasteiger partial charge in [-0.2, -0.15) is 0 Å². The van der Waals surface area contributed by atoms with E-state index in [1.807, 2.05) is 13.8 Å². The first-order chi connectivity index (χ1) is 7.99. The molecule has 0 bridgehead atoms. The second kappa shape index (κ2) is 6.30. The van der Waals surface area contributed by atoms with Crippen molar-refractivity contribution in [1.29, 1.82) is 0 Å². The molecule has 17 heavy (non-hydrogen) atoms. The summed E-state index contributed by atoms with van der Waals surface area (Å²) in [5.74, 6) is -0.892. The molecule has 2 N–H and O–H groups in total. The third kappa shape index (κ3) is 4.91. The molecular formula is C12H15NO3S. The van der Waals surface area contributed by atoms with Crippen molar-refractivity contribution in [3.05, 3.63) is 24.3 Å². The Morgan fingerprint density at radius 3 is 2.35 bits per heavy atom. The topological polar surface area (TPSA) is 66.4 Å². The van der Waals surface area contributed by atoms with Gasteiger partial charge < -0.3 is 10.4 Å². The third-order valence-electron chi connectivity index (χ3n) is 2.01. The fraction of sp³-hybridized carbons (Fsp3) is 0.333. The van der Waals surface area contributed by atoms with Crippen LogP contribution in [0.3, 0.4) is 0 Å². The summed E-state index contributed by atoms with van der Waals surface area (Å²) in [5, 5.41) is 11.3. The van der Waals surface area contributed by atoms with E-state index >= 15 is 0 Å². The van der Waals surface area contributed by atoms with Crippen LogP contribution in [0.2, 0.25) is 0 Å². The standard InChI is InChI=1S/C12H15NO3S/c1-8(2)12(16)13-9-3-5-10(6-4-9)17-7-11(14)15/h3-6,8H,7H2,1-2H3,(H,13,16)(H,14,15). The fourth-order valence-corrected chi connectivity index (χ4v) is 1.68. The SMILES string of the molecule is CC(C)C(=O)Nc1ccc(SCC(=O)O)cc1. The first-order valence-corrected chi connectivity index (χ1v) is 6.23. The second-order valence-electron chi connectivity index (χ2n) is 3.85. The number of benzene rings is 1. The van der Waals surface area contributed by atoms with Gasteiger partial charge in [-0.05, 0) is 24.3 Å². The Labute approximate surface area is 104 Å². The van der Waals surface area contributed by atoms with Gasteiger partial charge in [0.15, 0.2) is 0 Å². The molecule has 0 aliphatic carbocycles. The van der Waals surface area contributed by atoms with Crippen LogP contribution in [0.1, 0.15) is 13.8 Å². The Hall–Kier alpha value is -1.49. The van der Waals surface area contributed by atoms with Crippen LogP contribution < -0.4 is 5.32 Å². The number of rotatable bonds is 5. The van der Waals surface area contributed by atoms with Gasteiger partial charge >= 0.3 is 5.97 Å². The first-order valence-electron chi connectivity index (χ1n) is 5.24. The molecule has 1 rings (SSSR count). The largest absolute Gasteiger partial charge is 0.481 e. The Morgan fingerprint density at radius 2 is 1.88 bits per heavy atom. The van der Waals surface area contributed by atoms with Crippen LogP contribution >= 0.6 is 11.8 Å². The zero-order chi connectivity index (χ0) is 12.8. The summed E-state index contributed by atoms with van der Waals surface area (Å²) in [6.07, 6.45) is 0. The lowest BCUT2D eigenvalue weighted by Gasteiger charge is -2.08. The molecular weight excluding hydrogens is 238 g/mol. The number of hydrogen-bond donors (Lipinski definition) is 2. The van der Waals surface area contributed by atoms with E-state index in [4.69, 9.17) is 5.11 Å². The monoisotopic (exact) mass is 253 g/mol. The van der Waals surface area contributed by atoms with E-state index < -0.39 is 5.97 Å². The lowest BCUT2D eigenvalue weighted by molar-refractivity contribution is -0.133. The Bertz CT molecular complexity index is 401. The summed E-state index contributed by atoms with van der Waals surface area (Å²) in [6.45, 7) is 3.65. The summed E-state index contributed by atoms with van der Waals surface area (Å²) in [7, 11) is 0. The highest BCUT2D eigenvalue weighted by Crippen LogP contribution is 2.20. The van der Waals surface area contributed by atoms with Crippen LogP contribution in [0.15, 0.2) is 29.2 Å². The van der Waals surface area contributed by atoms with E-state index in [-0.39, 0.29) is 17.6 Å². The van der Waals surface area contributed by atoms with Crippen LogP contribution in [-0.2, 0) is 9.59 Å². The highest BCUT2D eigenvalue weighted by molar-refractivity contribution is 8.00. The molecule has 0 aliphatic rings. The number of amides is 1. The lowest BCUT2D eigenvalue weighted by Crippen LogP contribution is -2.17. The molecule has 0 heterocycles. The third-order valence-corrected chi connectivity index (χ3v) is 3.01. The van der Waals surface area contributed by atoms with E-state index in [0.29, 0.717) is 0 Å². The summed E-state index contributed by atoms with van der Waals surface area (Å²) in [6, 6.07) is 7.13. The normalized spacial score (nSPS) is 10.3. The van der Waals surface area contributed by atoms with Crippen LogP contribution in [-0.4, -0.2) is 22.7 Å². The number of thioether (sulfide) groups is 1. The van der Waals surface area contributed by atoms with Crippen molar-refractivity contribution in [2.24, 2.45) is 5.92 Å². The average molecular weight is 253 g/mol. The summed E-state index contributed by atoms with van der Waals surface area (Å²) >= 11 is 1.25. The molecule has 0 aromatic heterocycles. The maximum Gasteiger partial charge on any atom is 0.313 e. The van der Waals surface area contributed by atoms with Gasteiger partial charge in [0, 0.05) is 16.5 Å². The Morgan fingerprint density at radius 1 is 1.29 bits per heavy atom. The summed E-state index contributed by atoms with van der Waals surface area (Å²) < 4.78 is 0. The molecule has 1 amide bonds. The minimum absolute atomic E-state index is 0.0315. The van der Waals surface area contributed by atoms with Gasteiger partial charge in [0.1, 0.15) is 0 Å². The first kappa shape index (κ1) is 13.6. The molecule has 0 atom stereocenters. The number of aliphatic carboxylic acids is 1. The molecule has 4 nitrogen and oxygen atoms in total. The molecule has 5 heteroatoms. The van der Waals surface area contributed by atoms with Crippen molar-refractivity contribution in [1.82, 2.24) is 0 Å². The van der Waals surface area contributed by atoms with Crippen molar-refractivity contribution in [3.8, 4) is 0 Å². The number of carbonyl (C=O) groups excluding carboxylic acids is 1. The van der Waals surface area contributed by atoms with Crippen molar-refractivity contribution in [2.75, 3.05) is 11.1 Å². The molecule has 0 saturated carbocycles. The Balaban J connectivity index is 2.56. The van der Waals surface area contributed by atoms with Crippen LogP contribution in [0.4, 0.5) is 5.69 Å². The molecule has 1 aromatic rings. The molecule has 92 valence electrons. The molecule has 0 saturated heterocycles. The second-order valence-corrected chi connectivity index (χ2v) is 4.90. The molecule has 1 aromatic carbocycles. The number of carboxylic acid groups (broad SMARTS) is 1. The van der Waals surface area contributed by atoms with E-state index in [2.05, 4.69) is 5.32 Å². The number of nitrogens with one attached hydrogen (secondary N) is 1. The average Bonchev–Trinajstić information content (AvgIpc) is 2.28. The smallest absolute Gasteiger partial charge is 0.313 e. The van der Waals surface area contributed by atoms with Gasteiger partial charge in [-0.15, -0.1) is 11.8 Å². The Kier molecular flexibility index (Phi) is 5.03. The summed E-state index contributed by atoms with van der Waals surface area (Å²) in [4.78, 5) is 22.7. The molecule has 0 fully saturated rings. The van der Waals surface area contributed by atoms with E-state index in [1.54, 1.807) is 24.3 Å².